The normalized spacial score (nSPS) is 8.00. The summed E-state index contributed by atoms with van der Waals surface area (Å²) in [5, 5.41) is 9.40. The van der Waals surface area contributed by atoms with Crippen molar-refractivity contribution in [3.63, 3.8) is 0 Å². The molecule has 1 rings (SSSR count). The van der Waals surface area contributed by atoms with Gasteiger partial charge in [0, 0.05) is 10.2 Å². The van der Waals surface area contributed by atoms with Crippen LogP contribution in [0.4, 0.5) is 5.82 Å². The number of rotatable bonds is 1. The number of nitrogens with zero attached hydrogens (tertiary/aromatic N) is 5. The minimum absolute atomic E-state index is 0.146. The molecule has 0 aliphatic rings. The van der Waals surface area contributed by atoms with Crippen molar-refractivity contribution in [3.05, 3.63) is 16.7 Å². The van der Waals surface area contributed by atoms with Crippen molar-refractivity contribution >= 4 is 5.82 Å². The highest BCUT2D eigenvalue weighted by Crippen LogP contribution is 2.02. The molecule has 0 bridgehead atoms. The molecule has 0 aliphatic heterocycles. The average Bonchev–Trinajstić information content (AvgIpc) is 2.19. The second-order valence-corrected chi connectivity index (χ2v) is 0.953. The first-order valence-corrected chi connectivity index (χ1v) is 1.75. The summed E-state index contributed by atoms with van der Waals surface area (Å²) in [5.41, 5.74) is 7.79. The summed E-state index contributed by atoms with van der Waals surface area (Å²) < 4.78 is 4.24. The largest absolute Gasteiger partial charge is 0.345 e. The Bertz CT molecular complexity index is 196. The molecule has 6 heteroatoms. The second-order valence-electron chi connectivity index (χ2n) is 0.953. The predicted octanol–water partition coefficient (Wildman–Crippen LogP) is 1.01. The first kappa shape index (κ1) is 4.61. The van der Waals surface area contributed by atoms with E-state index in [1.807, 2.05) is 0 Å². The van der Waals surface area contributed by atoms with Gasteiger partial charge < -0.3 is 4.52 Å². The lowest BCUT2D eigenvalue weighted by Crippen LogP contribution is -1.59. The molecule has 0 aromatic carbocycles. The molecule has 0 fully saturated rings. The predicted molar refractivity (Wildman–Crippen MR) is 23.1 cm³/mol. The van der Waals surface area contributed by atoms with E-state index in [-0.39, 0.29) is 5.82 Å². The summed E-state index contributed by atoms with van der Waals surface area (Å²) in [6.45, 7) is 0. The van der Waals surface area contributed by atoms with Crippen molar-refractivity contribution in [2.75, 3.05) is 0 Å². The molecule has 40 valence electrons. The highest BCUT2D eigenvalue weighted by molar-refractivity contribution is 5.16. The Morgan fingerprint density at radius 3 is 3.25 bits per heavy atom. The van der Waals surface area contributed by atoms with Gasteiger partial charge in [-0.1, -0.05) is 0 Å². The summed E-state index contributed by atoms with van der Waals surface area (Å²) in [5.74, 6) is 0.146. The van der Waals surface area contributed by atoms with E-state index in [9.17, 15) is 0 Å². The molecule has 1 aromatic heterocycles. The van der Waals surface area contributed by atoms with Gasteiger partial charge in [-0.05, 0) is 10.6 Å². The van der Waals surface area contributed by atoms with Gasteiger partial charge in [0.25, 0.3) is 0 Å². The van der Waals surface area contributed by atoms with E-state index >= 15 is 0 Å². The van der Waals surface area contributed by atoms with Gasteiger partial charge in [-0.2, -0.15) is 0 Å². The third-order valence-electron chi connectivity index (χ3n) is 0.496. The maximum absolute atomic E-state index is 7.79. The van der Waals surface area contributed by atoms with E-state index < -0.39 is 0 Å². The number of aromatic nitrogens is 2. The minimum Gasteiger partial charge on any atom is -0.345 e. The van der Waals surface area contributed by atoms with Crippen LogP contribution >= 0.6 is 0 Å². The smallest absolute Gasteiger partial charge is 0.190 e. The van der Waals surface area contributed by atoms with E-state index in [1.165, 1.54) is 0 Å². The molecule has 0 saturated heterocycles. The topological polar surface area (TPSA) is 87.7 Å². The maximum Gasteiger partial charge on any atom is 0.190 e. The van der Waals surface area contributed by atoms with Gasteiger partial charge in [0.05, 0.1) is 0 Å². The van der Waals surface area contributed by atoms with Crippen LogP contribution in [0.3, 0.4) is 0 Å². The molecule has 1 heterocycles. The van der Waals surface area contributed by atoms with Crippen LogP contribution in [-0.2, 0) is 0 Å². The Labute approximate surface area is 43.7 Å². The molecule has 1 aromatic rings. The third-order valence-corrected chi connectivity index (χ3v) is 0.496. The van der Waals surface area contributed by atoms with Gasteiger partial charge in [-0.3, -0.25) is 0 Å². The van der Waals surface area contributed by atoms with E-state index in [1.54, 1.807) is 0 Å². The monoisotopic (exact) mass is 111 g/mol. The molecule has 0 unspecified atom stereocenters. The van der Waals surface area contributed by atoms with Crippen molar-refractivity contribution < 1.29 is 4.52 Å². The molecule has 0 radical (unpaired) electrons. The highest BCUT2D eigenvalue weighted by Gasteiger charge is 1.87. The summed E-state index contributed by atoms with van der Waals surface area (Å²) in [6.07, 6.45) is 1.15. The van der Waals surface area contributed by atoms with Crippen molar-refractivity contribution in [2.45, 2.75) is 0 Å². The molecule has 0 amide bonds. The SMILES string of the molecule is [N-]=[N+]=Nc1conn1. The summed E-state index contributed by atoms with van der Waals surface area (Å²) in [6, 6.07) is 0. The minimum atomic E-state index is 0.146. The van der Waals surface area contributed by atoms with Crippen LogP contribution in [0.1, 0.15) is 0 Å². The average molecular weight is 111 g/mol. The maximum atomic E-state index is 7.79. The van der Waals surface area contributed by atoms with Crippen molar-refractivity contribution in [1.29, 1.82) is 0 Å². The molecule has 0 spiro atoms. The summed E-state index contributed by atoms with van der Waals surface area (Å²) in [4.78, 5) is 2.44. The Balaban J connectivity index is 2.93. The molecule has 0 atom stereocenters. The van der Waals surface area contributed by atoms with Crippen LogP contribution < -0.4 is 0 Å². The Hall–Kier alpha value is -1.55. The van der Waals surface area contributed by atoms with Crippen LogP contribution in [-0.4, -0.2) is 10.4 Å². The fraction of sp³-hybridized carbons (Fsp3) is 0. The van der Waals surface area contributed by atoms with Crippen molar-refractivity contribution in [1.82, 2.24) is 10.4 Å². The molecule has 6 nitrogen and oxygen atoms in total. The highest BCUT2D eigenvalue weighted by atomic mass is 16.5. The van der Waals surface area contributed by atoms with Crippen molar-refractivity contribution in [2.24, 2.45) is 5.11 Å². The fourth-order valence-electron chi connectivity index (χ4n) is 0.249. The zero-order valence-electron chi connectivity index (χ0n) is 3.72. The van der Waals surface area contributed by atoms with Crippen LogP contribution in [0.15, 0.2) is 15.9 Å². The molecule has 0 saturated carbocycles. The van der Waals surface area contributed by atoms with Crippen LogP contribution in [0, 0.1) is 0 Å². The van der Waals surface area contributed by atoms with E-state index in [2.05, 4.69) is 24.9 Å². The van der Waals surface area contributed by atoms with Gasteiger partial charge in [0.15, 0.2) is 12.1 Å². The van der Waals surface area contributed by atoms with E-state index in [0.29, 0.717) is 0 Å². The van der Waals surface area contributed by atoms with Crippen LogP contribution in [0.2, 0.25) is 0 Å². The lowest BCUT2D eigenvalue weighted by Gasteiger charge is -1.62. The summed E-state index contributed by atoms with van der Waals surface area (Å²) in [7, 11) is 0. The van der Waals surface area contributed by atoms with Crippen LogP contribution in [0.25, 0.3) is 10.4 Å². The standard InChI is InChI=1S/C2HN5O/c3-6-4-2-1-8-7-5-2/h1H. The molecular formula is C2HN5O. The third kappa shape index (κ3) is 0.742. The second kappa shape index (κ2) is 1.94. The molecule has 0 N–H and O–H groups in total. The Morgan fingerprint density at radius 1 is 1.88 bits per heavy atom. The Morgan fingerprint density at radius 2 is 2.75 bits per heavy atom. The quantitative estimate of drug-likeness (QED) is 0.307. The fourth-order valence-corrected chi connectivity index (χ4v) is 0.249. The summed E-state index contributed by atoms with van der Waals surface area (Å²) >= 11 is 0. The number of hydrogen-bond donors (Lipinski definition) is 0. The molecule has 0 aliphatic carbocycles. The van der Waals surface area contributed by atoms with Gasteiger partial charge in [0.2, 0.25) is 0 Å². The first-order valence-electron chi connectivity index (χ1n) is 1.75. The number of azide groups is 1. The Kier molecular flexibility index (Phi) is 1.12. The zero-order valence-corrected chi connectivity index (χ0v) is 3.72. The van der Waals surface area contributed by atoms with Gasteiger partial charge in [-0.15, -0.1) is 5.10 Å². The lowest BCUT2D eigenvalue weighted by molar-refractivity contribution is 0.393. The zero-order chi connectivity index (χ0) is 5.82. The molecular weight excluding hydrogens is 110 g/mol. The first-order chi connectivity index (χ1) is 3.93. The molecule has 8 heavy (non-hydrogen) atoms. The van der Waals surface area contributed by atoms with Crippen molar-refractivity contribution in [3.8, 4) is 0 Å². The van der Waals surface area contributed by atoms with Crippen LogP contribution in [0.5, 0.6) is 0 Å². The lowest BCUT2D eigenvalue weighted by atomic mass is 10.8. The van der Waals surface area contributed by atoms with Gasteiger partial charge in [-0.25, -0.2) is 0 Å². The van der Waals surface area contributed by atoms with Gasteiger partial charge in [0.1, 0.15) is 0 Å². The van der Waals surface area contributed by atoms with E-state index in [4.69, 9.17) is 5.53 Å². The van der Waals surface area contributed by atoms with Gasteiger partial charge >= 0.3 is 0 Å². The number of hydrogen-bond acceptors (Lipinski definition) is 4. The van der Waals surface area contributed by atoms with E-state index in [0.717, 1.165) is 6.26 Å².